The summed E-state index contributed by atoms with van der Waals surface area (Å²) in [5.41, 5.74) is 1.30. The first kappa shape index (κ1) is 21.9. The van der Waals surface area contributed by atoms with Crippen LogP contribution in [-0.4, -0.2) is 33.2 Å². The first-order valence-electron chi connectivity index (χ1n) is 10.3. The zero-order valence-corrected chi connectivity index (χ0v) is 18.0. The van der Waals surface area contributed by atoms with Crippen molar-refractivity contribution in [1.29, 1.82) is 0 Å². The average molecular weight is 413 g/mol. The van der Waals surface area contributed by atoms with E-state index >= 15 is 0 Å². The minimum atomic E-state index is -0.467. The number of hydrogen-bond donors (Lipinski definition) is 1. The molecule has 1 aliphatic rings. The molecule has 0 bridgehead atoms. The summed E-state index contributed by atoms with van der Waals surface area (Å²) in [6.07, 6.45) is 4.34. The first-order chi connectivity index (χ1) is 14.2. The summed E-state index contributed by atoms with van der Waals surface area (Å²) in [5.74, 6) is 0.0794. The Kier molecular flexibility index (Phi) is 6.48. The Morgan fingerprint density at radius 2 is 1.90 bits per heavy atom. The predicted molar refractivity (Wildman–Crippen MR) is 112 cm³/mol. The fourth-order valence-corrected chi connectivity index (χ4v) is 3.62. The molecule has 1 aromatic heterocycles. The van der Waals surface area contributed by atoms with Crippen molar-refractivity contribution in [3.63, 3.8) is 0 Å². The Balaban J connectivity index is 1.74. The van der Waals surface area contributed by atoms with Gasteiger partial charge in [0.15, 0.2) is 5.82 Å². The number of hydrogen-bond acceptors (Lipinski definition) is 4. The van der Waals surface area contributed by atoms with Gasteiger partial charge in [-0.25, -0.2) is 14.4 Å². The van der Waals surface area contributed by atoms with Gasteiger partial charge in [0.1, 0.15) is 5.82 Å². The smallest absolute Gasteiger partial charge is 0.254 e. The van der Waals surface area contributed by atoms with Gasteiger partial charge in [0, 0.05) is 24.7 Å². The van der Waals surface area contributed by atoms with E-state index in [1.54, 1.807) is 19.1 Å². The minimum Gasteiger partial charge on any atom is -0.348 e. The van der Waals surface area contributed by atoms with Gasteiger partial charge in [-0.2, -0.15) is 0 Å². The van der Waals surface area contributed by atoms with E-state index in [0.717, 1.165) is 24.8 Å². The third-order valence-electron chi connectivity index (χ3n) is 5.31. The number of halogens is 1. The molecule has 1 unspecified atom stereocenters. The van der Waals surface area contributed by atoms with Crippen LogP contribution in [0.25, 0.3) is 0 Å². The highest BCUT2D eigenvalue weighted by atomic mass is 19.1. The third-order valence-corrected chi connectivity index (χ3v) is 5.31. The van der Waals surface area contributed by atoms with Crippen molar-refractivity contribution in [2.75, 3.05) is 6.54 Å². The second kappa shape index (κ2) is 8.90. The zero-order valence-electron chi connectivity index (χ0n) is 18.0. The lowest BCUT2D eigenvalue weighted by atomic mass is 9.91. The summed E-state index contributed by atoms with van der Waals surface area (Å²) < 4.78 is 13.0. The maximum Gasteiger partial charge on any atom is 0.254 e. The monoisotopic (exact) mass is 412 g/mol. The van der Waals surface area contributed by atoms with Crippen molar-refractivity contribution < 1.29 is 14.0 Å². The Hall–Kier alpha value is -2.83. The first-order valence-corrected chi connectivity index (χ1v) is 10.3. The van der Waals surface area contributed by atoms with Crippen LogP contribution < -0.4 is 5.32 Å². The Morgan fingerprint density at radius 1 is 1.20 bits per heavy atom. The summed E-state index contributed by atoms with van der Waals surface area (Å²) in [6.45, 7) is 8.52. The van der Waals surface area contributed by atoms with Gasteiger partial charge in [0.2, 0.25) is 5.91 Å². The number of piperidine rings is 1. The molecule has 1 N–H and O–H groups in total. The number of amides is 2. The molecule has 0 spiro atoms. The highest BCUT2D eigenvalue weighted by Crippen LogP contribution is 2.32. The van der Waals surface area contributed by atoms with Crippen LogP contribution in [0.1, 0.15) is 73.5 Å². The van der Waals surface area contributed by atoms with Crippen LogP contribution in [-0.2, 0) is 11.3 Å². The van der Waals surface area contributed by atoms with E-state index < -0.39 is 5.41 Å². The highest BCUT2D eigenvalue weighted by Gasteiger charge is 2.35. The maximum absolute atomic E-state index is 13.0. The van der Waals surface area contributed by atoms with Crippen LogP contribution in [0.3, 0.4) is 0 Å². The number of carbonyl (C=O) groups is 2. The molecule has 1 aromatic carbocycles. The second-order valence-corrected chi connectivity index (χ2v) is 8.80. The molecule has 2 amide bonds. The van der Waals surface area contributed by atoms with E-state index in [-0.39, 0.29) is 30.2 Å². The van der Waals surface area contributed by atoms with Crippen LogP contribution in [0.2, 0.25) is 0 Å². The van der Waals surface area contributed by atoms with Crippen molar-refractivity contribution in [2.45, 2.75) is 59.5 Å². The number of rotatable bonds is 4. The van der Waals surface area contributed by atoms with Crippen LogP contribution in [0, 0.1) is 18.2 Å². The van der Waals surface area contributed by atoms with Gasteiger partial charge in [-0.05, 0) is 43.9 Å². The van der Waals surface area contributed by atoms with Crippen LogP contribution >= 0.6 is 0 Å². The van der Waals surface area contributed by atoms with Gasteiger partial charge < -0.3 is 10.2 Å². The lowest BCUT2D eigenvalue weighted by Crippen LogP contribution is -2.44. The lowest BCUT2D eigenvalue weighted by molar-refractivity contribution is -0.143. The molecule has 0 saturated carbocycles. The number of nitrogens with one attached hydrogen (secondary N) is 1. The molecule has 6 nitrogen and oxygen atoms in total. The Morgan fingerprint density at radius 3 is 2.53 bits per heavy atom. The molecular weight excluding hydrogens is 383 g/mol. The van der Waals surface area contributed by atoms with Gasteiger partial charge in [-0.3, -0.25) is 9.59 Å². The van der Waals surface area contributed by atoms with Crippen LogP contribution in [0.15, 0.2) is 30.5 Å². The molecule has 1 atom stereocenters. The highest BCUT2D eigenvalue weighted by molar-refractivity contribution is 5.94. The van der Waals surface area contributed by atoms with Crippen molar-refractivity contribution in [3.8, 4) is 0 Å². The Bertz CT molecular complexity index is 922. The van der Waals surface area contributed by atoms with Crippen LogP contribution in [0.4, 0.5) is 4.39 Å². The molecule has 2 heterocycles. The van der Waals surface area contributed by atoms with E-state index in [2.05, 4.69) is 15.3 Å². The third kappa shape index (κ3) is 5.01. The molecule has 2 aromatic rings. The second-order valence-electron chi connectivity index (χ2n) is 8.80. The number of nitrogens with zero attached hydrogens (tertiary/aromatic N) is 3. The molecular formula is C23H29FN4O2. The summed E-state index contributed by atoms with van der Waals surface area (Å²) >= 11 is 0. The molecule has 3 rings (SSSR count). The van der Waals surface area contributed by atoms with E-state index in [9.17, 15) is 14.0 Å². The van der Waals surface area contributed by atoms with Gasteiger partial charge in [-0.1, -0.05) is 32.9 Å². The van der Waals surface area contributed by atoms with E-state index in [1.165, 1.54) is 18.3 Å². The van der Waals surface area contributed by atoms with E-state index in [0.29, 0.717) is 23.6 Å². The largest absolute Gasteiger partial charge is 0.348 e. The van der Waals surface area contributed by atoms with Crippen molar-refractivity contribution in [2.24, 2.45) is 5.41 Å². The lowest BCUT2D eigenvalue weighted by Gasteiger charge is -2.38. The Labute approximate surface area is 176 Å². The normalized spacial score (nSPS) is 17.0. The zero-order chi connectivity index (χ0) is 21.9. The van der Waals surface area contributed by atoms with Gasteiger partial charge >= 0.3 is 0 Å². The average Bonchev–Trinajstić information content (AvgIpc) is 2.72. The molecule has 160 valence electrons. The summed E-state index contributed by atoms with van der Waals surface area (Å²) in [6, 6.07) is 5.82. The number of likely N-dealkylation sites (tertiary alicyclic amines) is 1. The SMILES string of the molecule is Cc1nc(C2CCCCN2C(=O)C(C)(C)C)ncc1C(=O)NCc1ccc(F)cc1. The van der Waals surface area contributed by atoms with E-state index in [4.69, 9.17) is 0 Å². The fourth-order valence-electron chi connectivity index (χ4n) is 3.62. The molecule has 7 heteroatoms. The van der Waals surface area contributed by atoms with Crippen molar-refractivity contribution in [3.05, 3.63) is 58.9 Å². The summed E-state index contributed by atoms with van der Waals surface area (Å²) in [7, 11) is 0. The molecule has 1 aliphatic heterocycles. The van der Waals surface area contributed by atoms with Crippen molar-refractivity contribution in [1.82, 2.24) is 20.2 Å². The number of aryl methyl sites for hydroxylation is 1. The maximum atomic E-state index is 13.0. The van der Waals surface area contributed by atoms with Crippen molar-refractivity contribution >= 4 is 11.8 Å². The fraction of sp³-hybridized carbons (Fsp3) is 0.478. The van der Waals surface area contributed by atoms with Gasteiger partial charge in [0.05, 0.1) is 17.3 Å². The summed E-state index contributed by atoms with van der Waals surface area (Å²) in [4.78, 5) is 36.4. The molecule has 1 saturated heterocycles. The predicted octanol–water partition coefficient (Wildman–Crippen LogP) is 3.95. The van der Waals surface area contributed by atoms with Gasteiger partial charge in [-0.15, -0.1) is 0 Å². The minimum absolute atomic E-state index is 0.0922. The molecule has 1 fully saturated rings. The number of aromatic nitrogens is 2. The molecule has 0 radical (unpaired) electrons. The quantitative estimate of drug-likeness (QED) is 0.825. The van der Waals surface area contributed by atoms with Crippen LogP contribution in [0.5, 0.6) is 0 Å². The topological polar surface area (TPSA) is 75.2 Å². The molecule has 0 aliphatic carbocycles. The number of carbonyl (C=O) groups excluding carboxylic acids is 2. The molecule has 30 heavy (non-hydrogen) atoms. The summed E-state index contributed by atoms with van der Waals surface area (Å²) in [5, 5.41) is 2.82. The van der Waals surface area contributed by atoms with Gasteiger partial charge in [0.25, 0.3) is 5.91 Å². The van der Waals surface area contributed by atoms with E-state index in [1.807, 2.05) is 25.7 Å². The number of benzene rings is 1. The standard InChI is InChI=1S/C23H29FN4O2/c1-15-18(21(29)26-13-16-8-10-17(24)11-9-16)14-25-20(27-15)19-7-5-6-12-28(19)22(30)23(2,3)4/h8-11,14,19H,5-7,12-13H2,1-4H3,(H,26,29).